The quantitative estimate of drug-likeness (QED) is 0.929. The average Bonchev–Trinajstić information content (AvgIpc) is 2.43. The predicted octanol–water partition coefficient (Wildman–Crippen LogP) is 1.79. The SMILES string of the molecule is COc1cn(C)c(C(=O)Nc2ccccc2F)cc1=O. The second-order valence-corrected chi connectivity index (χ2v) is 4.14. The van der Waals surface area contributed by atoms with Gasteiger partial charge in [0.05, 0.1) is 19.0 Å². The lowest BCUT2D eigenvalue weighted by atomic mass is 10.2. The van der Waals surface area contributed by atoms with Crippen LogP contribution in [-0.4, -0.2) is 17.6 Å². The molecule has 0 saturated heterocycles. The molecule has 2 rings (SSSR count). The van der Waals surface area contributed by atoms with E-state index in [1.54, 1.807) is 13.1 Å². The van der Waals surface area contributed by atoms with Gasteiger partial charge in [0.2, 0.25) is 5.43 Å². The molecule has 1 aromatic carbocycles. The molecule has 104 valence electrons. The van der Waals surface area contributed by atoms with Crippen LogP contribution in [0.2, 0.25) is 0 Å². The van der Waals surface area contributed by atoms with Gasteiger partial charge in [-0.05, 0) is 12.1 Å². The van der Waals surface area contributed by atoms with Gasteiger partial charge < -0.3 is 14.6 Å². The van der Waals surface area contributed by atoms with Gasteiger partial charge >= 0.3 is 0 Å². The molecule has 1 aromatic heterocycles. The summed E-state index contributed by atoms with van der Waals surface area (Å²) in [5.41, 5.74) is -0.246. The number of nitrogens with one attached hydrogen (secondary N) is 1. The number of carbonyl (C=O) groups excluding carboxylic acids is 1. The third-order valence-corrected chi connectivity index (χ3v) is 2.78. The number of carbonyl (C=O) groups is 1. The third-order valence-electron chi connectivity index (χ3n) is 2.78. The smallest absolute Gasteiger partial charge is 0.272 e. The summed E-state index contributed by atoms with van der Waals surface area (Å²) in [6, 6.07) is 6.95. The first-order valence-corrected chi connectivity index (χ1v) is 5.83. The number of hydrogen-bond acceptors (Lipinski definition) is 3. The first-order valence-electron chi connectivity index (χ1n) is 5.83. The first-order chi connectivity index (χ1) is 9.52. The van der Waals surface area contributed by atoms with Crippen molar-refractivity contribution < 1.29 is 13.9 Å². The zero-order valence-electron chi connectivity index (χ0n) is 11.0. The monoisotopic (exact) mass is 276 g/mol. The Labute approximate surface area is 114 Å². The molecule has 0 atom stereocenters. The first kappa shape index (κ1) is 13.8. The lowest BCUT2D eigenvalue weighted by molar-refractivity contribution is 0.101. The number of anilines is 1. The molecule has 20 heavy (non-hydrogen) atoms. The molecule has 0 saturated carbocycles. The van der Waals surface area contributed by atoms with Crippen molar-refractivity contribution >= 4 is 11.6 Å². The van der Waals surface area contributed by atoms with E-state index in [-0.39, 0.29) is 17.1 Å². The van der Waals surface area contributed by atoms with Crippen LogP contribution in [0.15, 0.2) is 41.3 Å². The van der Waals surface area contributed by atoms with Gasteiger partial charge in [0.1, 0.15) is 11.5 Å². The van der Waals surface area contributed by atoms with E-state index in [1.807, 2.05) is 0 Å². The summed E-state index contributed by atoms with van der Waals surface area (Å²) >= 11 is 0. The minimum Gasteiger partial charge on any atom is -0.491 e. The molecule has 0 aliphatic carbocycles. The molecule has 0 bridgehead atoms. The highest BCUT2D eigenvalue weighted by Gasteiger charge is 2.13. The lowest BCUT2D eigenvalue weighted by Gasteiger charge is -2.11. The Morgan fingerprint density at radius 1 is 1.35 bits per heavy atom. The number of ether oxygens (including phenoxy) is 1. The van der Waals surface area contributed by atoms with Crippen LogP contribution in [0.1, 0.15) is 10.5 Å². The molecule has 6 heteroatoms. The number of para-hydroxylation sites is 1. The second-order valence-electron chi connectivity index (χ2n) is 4.14. The fourth-order valence-electron chi connectivity index (χ4n) is 1.73. The molecule has 0 spiro atoms. The van der Waals surface area contributed by atoms with E-state index < -0.39 is 17.2 Å². The number of rotatable bonds is 3. The number of amides is 1. The molecule has 1 heterocycles. The van der Waals surface area contributed by atoms with E-state index in [0.29, 0.717) is 0 Å². The molecule has 0 unspecified atom stereocenters. The minimum atomic E-state index is -0.572. The summed E-state index contributed by atoms with van der Waals surface area (Å²) in [4.78, 5) is 23.7. The van der Waals surface area contributed by atoms with Gasteiger partial charge in [0.25, 0.3) is 5.91 Å². The van der Waals surface area contributed by atoms with E-state index in [4.69, 9.17) is 4.74 Å². The van der Waals surface area contributed by atoms with E-state index in [9.17, 15) is 14.0 Å². The number of hydrogen-bond donors (Lipinski definition) is 1. The van der Waals surface area contributed by atoms with Crippen LogP contribution in [0, 0.1) is 5.82 Å². The second kappa shape index (κ2) is 5.56. The van der Waals surface area contributed by atoms with Gasteiger partial charge in [-0.15, -0.1) is 0 Å². The van der Waals surface area contributed by atoms with Crippen molar-refractivity contribution in [3.05, 3.63) is 58.3 Å². The molecular formula is C14H13FN2O3. The van der Waals surface area contributed by atoms with E-state index in [1.165, 1.54) is 36.1 Å². The van der Waals surface area contributed by atoms with Crippen molar-refractivity contribution in [3.8, 4) is 5.75 Å². The van der Waals surface area contributed by atoms with Gasteiger partial charge in [-0.25, -0.2) is 4.39 Å². The van der Waals surface area contributed by atoms with Gasteiger partial charge in [-0.2, -0.15) is 0 Å². The van der Waals surface area contributed by atoms with Crippen LogP contribution in [-0.2, 0) is 7.05 Å². The molecule has 0 aliphatic heterocycles. The zero-order chi connectivity index (χ0) is 14.7. The number of halogens is 1. The van der Waals surface area contributed by atoms with Crippen LogP contribution in [0.3, 0.4) is 0 Å². The number of aryl methyl sites for hydroxylation is 1. The van der Waals surface area contributed by atoms with Crippen molar-refractivity contribution in [2.75, 3.05) is 12.4 Å². The predicted molar refractivity (Wildman–Crippen MR) is 72.6 cm³/mol. The average molecular weight is 276 g/mol. The van der Waals surface area contributed by atoms with Crippen LogP contribution in [0.25, 0.3) is 0 Å². The van der Waals surface area contributed by atoms with E-state index >= 15 is 0 Å². The Kier molecular flexibility index (Phi) is 3.84. The highest BCUT2D eigenvalue weighted by atomic mass is 19.1. The van der Waals surface area contributed by atoms with E-state index in [0.717, 1.165) is 6.07 Å². The Bertz CT molecular complexity index is 710. The Balaban J connectivity index is 2.33. The maximum Gasteiger partial charge on any atom is 0.272 e. The molecule has 0 fully saturated rings. The maximum absolute atomic E-state index is 13.5. The van der Waals surface area contributed by atoms with Crippen LogP contribution in [0.4, 0.5) is 10.1 Å². The number of methoxy groups -OCH3 is 1. The standard InChI is InChI=1S/C14H13FN2O3/c1-17-8-13(20-2)12(18)7-11(17)14(19)16-10-6-4-3-5-9(10)15/h3-8H,1-2H3,(H,16,19). The van der Waals surface area contributed by atoms with Gasteiger partial charge in [0, 0.05) is 13.1 Å². The zero-order valence-corrected chi connectivity index (χ0v) is 11.0. The molecule has 1 N–H and O–H groups in total. The third kappa shape index (κ3) is 2.69. The van der Waals surface area contributed by atoms with Crippen molar-refractivity contribution in [1.82, 2.24) is 4.57 Å². The van der Waals surface area contributed by atoms with Crippen molar-refractivity contribution in [1.29, 1.82) is 0 Å². The van der Waals surface area contributed by atoms with Crippen LogP contribution in [0.5, 0.6) is 5.75 Å². The molecule has 0 radical (unpaired) electrons. The molecule has 1 amide bonds. The number of pyridine rings is 1. The number of benzene rings is 1. The fraction of sp³-hybridized carbons (Fsp3) is 0.143. The molecular weight excluding hydrogens is 263 g/mol. The largest absolute Gasteiger partial charge is 0.491 e. The molecule has 2 aromatic rings. The minimum absolute atomic E-state index is 0.0563. The highest BCUT2D eigenvalue weighted by molar-refractivity contribution is 6.03. The Morgan fingerprint density at radius 3 is 2.70 bits per heavy atom. The maximum atomic E-state index is 13.5. The number of nitrogens with zero attached hydrogens (tertiary/aromatic N) is 1. The Hall–Kier alpha value is -2.63. The van der Waals surface area contributed by atoms with E-state index in [2.05, 4.69) is 5.32 Å². The summed E-state index contributed by atoms with van der Waals surface area (Å²) in [5, 5.41) is 2.42. The van der Waals surface area contributed by atoms with Gasteiger partial charge in [-0.1, -0.05) is 12.1 Å². The van der Waals surface area contributed by atoms with Crippen LogP contribution >= 0.6 is 0 Å². The Morgan fingerprint density at radius 2 is 2.05 bits per heavy atom. The van der Waals surface area contributed by atoms with Gasteiger partial charge in [0.15, 0.2) is 5.75 Å². The molecule has 5 nitrogen and oxygen atoms in total. The van der Waals surface area contributed by atoms with Crippen molar-refractivity contribution in [3.63, 3.8) is 0 Å². The summed E-state index contributed by atoms with van der Waals surface area (Å²) in [6.45, 7) is 0. The normalized spacial score (nSPS) is 10.2. The number of aromatic nitrogens is 1. The van der Waals surface area contributed by atoms with Crippen molar-refractivity contribution in [2.45, 2.75) is 0 Å². The fourth-order valence-corrected chi connectivity index (χ4v) is 1.73. The summed E-state index contributed by atoms with van der Waals surface area (Å²) in [6.07, 6.45) is 1.40. The lowest BCUT2D eigenvalue weighted by Crippen LogP contribution is -2.21. The topological polar surface area (TPSA) is 60.3 Å². The summed E-state index contributed by atoms with van der Waals surface area (Å²) < 4.78 is 19.8. The highest BCUT2D eigenvalue weighted by Crippen LogP contribution is 2.14. The van der Waals surface area contributed by atoms with Gasteiger partial charge in [-0.3, -0.25) is 9.59 Å². The molecule has 0 aliphatic rings. The van der Waals surface area contributed by atoms with Crippen LogP contribution < -0.4 is 15.5 Å². The summed E-state index contributed by atoms with van der Waals surface area (Å²) in [5.74, 6) is -0.980. The summed E-state index contributed by atoms with van der Waals surface area (Å²) in [7, 11) is 2.97. The van der Waals surface area contributed by atoms with Crippen molar-refractivity contribution in [2.24, 2.45) is 7.05 Å².